The molecule has 0 aliphatic heterocycles. The molecule has 0 saturated heterocycles. The second-order valence-electron chi connectivity index (χ2n) is 4.71. The predicted octanol–water partition coefficient (Wildman–Crippen LogP) is 3.49. The van der Waals surface area contributed by atoms with E-state index in [0.717, 1.165) is 21.6 Å². The van der Waals surface area contributed by atoms with Gasteiger partial charge in [-0.2, -0.15) is 0 Å². The Morgan fingerprint density at radius 3 is 2.79 bits per heavy atom. The SMILES string of the molecule is Cc1cc(Br)ccc1-c1ccc(CNCC(C)O)o1. The number of benzene rings is 1. The number of aliphatic hydroxyl groups excluding tert-OH is 1. The van der Waals surface area contributed by atoms with E-state index >= 15 is 0 Å². The molecular formula is C15H18BrNO2. The number of nitrogens with one attached hydrogen (secondary N) is 1. The molecule has 2 N–H and O–H groups in total. The smallest absolute Gasteiger partial charge is 0.134 e. The van der Waals surface area contributed by atoms with Gasteiger partial charge in [-0.3, -0.25) is 0 Å². The Labute approximate surface area is 121 Å². The van der Waals surface area contributed by atoms with Crippen molar-refractivity contribution in [2.75, 3.05) is 6.54 Å². The number of furan rings is 1. The Morgan fingerprint density at radius 1 is 1.32 bits per heavy atom. The summed E-state index contributed by atoms with van der Waals surface area (Å²) in [5, 5.41) is 12.3. The summed E-state index contributed by atoms with van der Waals surface area (Å²) < 4.78 is 6.88. The van der Waals surface area contributed by atoms with Gasteiger partial charge < -0.3 is 14.8 Å². The normalized spacial score (nSPS) is 12.6. The first kappa shape index (κ1) is 14.3. The maximum atomic E-state index is 9.18. The lowest BCUT2D eigenvalue weighted by molar-refractivity contribution is 0.190. The Kier molecular flexibility index (Phi) is 4.80. The van der Waals surface area contributed by atoms with Gasteiger partial charge in [-0.1, -0.05) is 15.9 Å². The molecule has 1 aromatic heterocycles. The molecule has 102 valence electrons. The molecule has 0 bridgehead atoms. The molecule has 0 aliphatic rings. The van der Waals surface area contributed by atoms with Crippen LogP contribution in [-0.4, -0.2) is 17.8 Å². The summed E-state index contributed by atoms with van der Waals surface area (Å²) in [6, 6.07) is 10.1. The number of aliphatic hydroxyl groups is 1. The van der Waals surface area contributed by atoms with Crippen molar-refractivity contribution >= 4 is 15.9 Å². The van der Waals surface area contributed by atoms with Crippen LogP contribution in [0.5, 0.6) is 0 Å². The van der Waals surface area contributed by atoms with Crippen LogP contribution in [0.2, 0.25) is 0 Å². The number of aryl methyl sites for hydroxylation is 1. The van der Waals surface area contributed by atoms with Crippen molar-refractivity contribution < 1.29 is 9.52 Å². The van der Waals surface area contributed by atoms with Crippen LogP contribution in [0.4, 0.5) is 0 Å². The summed E-state index contributed by atoms with van der Waals surface area (Å²) in [4.78, 5) is 0. The highest BCUT2D eigenvalue weighted by Gasteiger charge is 2.08. The molecule has 1 aromatic carbocycles. The molecule has 1 heterocycles. The third-order valence-corrected chi connectivity index (χ3v) is 3.35. The van der Waals surface area contributed by atoms with Crippen molar-refractivity contribution in [1.82, 2.24) is 5.32 Å². The van der Waals surface area contributed by atoms with E-state index < -0.39 is 0 Å². The zero-order chi connectivity index (χ0) is 13.8. The van der Waals surface area contributed by atoms with Gasteiger partial charge in [0.1, 0.15) is 11.5 Å². The molecule has 1 atom stereocenters. The standard InChI is InChI=1S/C15H18BrNO2/c1-10-7-12(16)3-5-14(10)15-6-4-13(19-15)9-17-8-11(2)18/h3-7,11,17-18H,8-9H2,1-2H3. The highest BCUT2D eigenvalue weighted by Crippen LogP contribution is 2.27. The third-order valence-electron chi connectivity index (χ3n) is 2.85. The fraction of sp³-hybridized carbons (Fsp3) is 0.333. The van der Waals surface area contributed by atoms with Crippen molar-refractivity contribution in [3.05, 3.63) is 46.1 Å². The van der Waals surface area contributed by atoms with Crippen LogP contribution in [0.25, 0.3) is 11.3 Å². The fourth-order valence-electron chi connectivity index (χ4n) is 1.93. The highest BCUT2D eigenvalue weighted by molar-refractivity contribution is 9.10. The van der Waals surface area contributed by atoms with Crippen LogP contribution in [0.3, 0.4) is 0 Å². The Hall–Kier alpha value is -1.10. The van der Waals surface area contributed by atoms with E-state index in [-0.39, 0.29) is 6.10 Å². The first-order valence-electron chi connectivity index (χ1n) is 6.30. The molecule has 19 heavy (non-hydrogen) atoms. The molecule has 0 fully saturated rings. The zero-order valence-corrected chi connectivity index (χ0v) is 12.7. The van der Waals surface area contributed by atoms with E-state index in [2.05, 4.69) is 34.2 Å². The van der Waals surface area contributed by atoms with Gasteiger partial charge in [-0.05, 0) is 49.7 Å². The van der Waals surface area contributed by atoms with Gasteiger partial charge in [0.05, 0.1) is 12.6 Å². The van der Waals surface area contributed by atoms with Crippen LogP contribution in [-0.2, 0) is 6.54 Å². The van der Waals surface area contributed by atoms with Crippen LogP contribution in [0, 0.1) is 6.92 Å². The first-order chi connectivity index (χ1) is 9.06. The fourth-order valence-corrected chi connectivity index (χ4v) is 2.40. The number of hydrogen-bond donors (Lipinski definition) is 2. The minimum atomic E-state index is -0.344. The van der Waals surface area contributed by atoms with Crippen LogP contribution >= 0.6 is 15.9 Å². The molecule has 1 unspecified atom stereocenters. The quantitative estimate of drug-likeness (QED) is 0.885. The molecule has 2 aromatic rings. The zero-order valence-electron chi connectivity index (χ0n) is 11.1. The van der Waals surface area contributed by atoms with Crippen LogP contribution < -0.4 is 5.32 Å². The lowest BCUT2D eigenvalue weighted by Gasteiger charge is -2.05. The molecular weight excluding hydrogens is 306 g/mol. The lowest BCUT2D eigenvalue weighted by Crippen LogP contribution is -2.23. The van der Waals surface area contributed by atoms with Crippen molar-refractivity contribution in [3.63, 3.8) is 0 Å². The van der Waals surface area contributed by atoms with Crippen molar-refractivity contribution in [1.29, 1.82) is 0 Å². The molecule has 0 spiro atoms. The van der Waals surface area contributed by atoms with E-state index in [4.69, 9.17) is 4.42 Å². The Morgan fingerprint density at radius 2 is 2.11 bits per heavy atom. The third kappa shape index (κ3) is 3.93. The molecule has 2 rings (SSSR count). The number of halogens is 1. The van der Waals surface area contributed by atoms with Crippen molar-refractivity contribution in [3.8, 4) is 11.3 Å². The van der Waals surface area contributed by atoms with Crippen molar-refractivity contribution in [2.45, 2.75) is 26.5 Å². The number of hydrogen-bond acceptors (Lipinski definition) is 3. The van der Waals surface area contributed by atoms with Gasteiger partial charge in [-0.15, -0.1) is 0 Å². The summed E-state index contributed by atoms with van der Waals surface area (Å²) >= 11 is 3.46. The lowest BCUT2D eigenvalue weighted by atomic mass is 10.1. The van der Waals surface area contributed by atoms with Crippen molar-refractivity contribution in [2.24, 2.45) is 0 Å². The number of rotatable bonds is 5. The molecule has 3 nitrogen and oxygen atoms in total. The van der Waals surface area contributed by atoms with E-state index in [1.807, 2.05) is 24.3 Å². The van der Waals surface area contributed by atoms with E-state index in [1.165, 1.54) is 5.56 Å². The van der Waals surface area contributed by atoms with Gasteiger partial charge in [0.2, 0.25) is 0 Å². The monoisotopic (exact) mass is 323 g/mol. The maximum absolute atomic E-state index is 9.18. The van der Waals surface area contributed by atoms with E-state index in [0.29, 0.717) is 13.1 Å². The second-order valence-corrected chi connectivity index (χ2v) is 5.62. The molecule has 0 amide bonds. The Bertz CT molecular complexity index is 549. The van der Waals surface area contributed by atoms with E-state index in [9.17, 15) is 5.11 Å². The first-order valence-corrected chi connectivity index (χ1v) is 7.09. The summed E-state index contributed by atoms with van der Waals surface area (Å²) in [7, 11) is 0. The summed E-state index contributed by atoms with van der Waals surface area (Å²) in [6.45, 7) is 5.01. The van der Waals surface area contributed by atoms with Crippen LogP contribution in [0.15, 0.2) is 39.2 Å². The molecule has 0 saturated carbocycles. The van der Waals surface area contributed by atoms with Gasteiger partial charge in [0.25, 0.3) is 0 Å². The summed E-state index contributed by atoms with van der Waals surface area (Å²) in [5.74, 6) is 1.75. The minimum absolute atomic E-state index is 0.344. The highest BCUT2D eigenvalue weighted by atomic mass is 79.9. The van der Waals surface area contributed by atoms with Gasteiger partial charge in [0, 0.05) is 16.6 Å². The average Bonchev–Trinajstić information content (AvgIpc) is 2.77. The van der Waals surface area contributed by atoms with Gasteiger partial charge >= 0.3 is 0 Å². The summed E-state index contributed by atoms with van der Waals surface area (Å²) in [5.41, 5.74) is 2.28. The Balaban J connectivity index is 2.08. The van der Waals surface area contributed by atoms with Gasteiger partial charge in [-0.25, -0.2) is 0 Å². The van der Waals surface area contributed by atoms with E-state index in [1.54, 1.807) is 6.92 Å². The van der Waals surface area contributed by atoms with Gasteiger partial charge in [0.15, 0.2) is 0 Å². The average molecular weight is 324 g/mol. The maximum Gasteiger partial charge on any atom is 0.134 e. The largest absolute Gasteiger partial charge is 0.460 e. The predicted molar refractivity (Wildman–Crippen MR) is 80.0 cm³/mol. The topological polar surface area (TPSA) is 45.4 Å². The molecule has 4 heteroatoms. The molecule has 0 aliphatic carbocycles. The summed E-state index contributed by atoms with van der Waals surface area (Å²) in [6.07, 6.45) is -0.344. The van der Waals surface area contributed by atoms with Crippen LogP contribution in [0.1, 0.15) is 18.2 Å². The second kappa shape index (κ2) is 6.37. The minimum Gasteiger partial charge on any atom is -0.460 e. The molecule has 0 radical (unpaired) electrons.